The molecule has 1 atom stereocenters. The van der Waals surface area contributed by atoms with Crippen LogP contribution in [-0.2, 0) is 21.9 Å². The van der Waals surface area contributed by atoms with Crippen molar-refractivity contribution in [1.82, 2.24) is 19.4 Å². The molecule has 1 saturated heterocycles. The van der Waals surface area contributed by atoms with Crippen LogP contribution in [0.25, 0.3) is 0 Å². The van der Waals surface area contributed by atoms with Gasteiger partial charge in [0.05, 0.1) is 6.20 Å². The van der Waals surface area contributed by atoms with E-state index in [0.29, 0.717) is 13.1 Å². The first-order chi connectivity index (χ1) is 8.89. The minimum absolute atomic E-state index is 0.113. The SMILES string of the molecule is CC(=O)NC1CCCN(S(=O)(=O)c2cnn(C)c2)C1. The molecule has 106 valence electrons. The minimum Gasteiger partial charge on any atom is -0.352 e. The van der Waals surface area contributed by atoms with Crippen molar-refractivity contribution in [2.75, 3.05) is 13.1 Å². The van der Waals surface area contributed by atoms with Crippen molar-refractivity contribution in [3.8, 4) is 0 Å². The molecule has 0 aromatic carbocycles. The fourth-order valence-electron chi connectivity index (χ4n) is 2.25. The molecule has 0 spiro atoms. The molecule has 1 aromatic heterocycles. The number of nitrogens with one attached hydrogen (secondary N) is 1. The predicted molar refractivity (Wildman–Crippen MR) is 68.8 cm³/mol. The molecular formula is C11H18N4O3S. The third-order valence-electron chi connectivity index (χ3n) is 3.11. The second-order valence-electron chi connectivity index (χ2n) is 4.75. The zero-order chi connectivity index (χ0) is 14.0. The van der Waals surface area contributed by atoms with Gasteiger partial charge in [-0.05, 0) is 12.8 Å². The van der Waals surface area contributed by atoms with E-state index in [0.717, 1.165) is 12.8 Å². The maximum Gasteiger partial charge on any atom is 0.246 e. The van der Waals surface area contributed by atoms with Crippen LogP contribution in [0.2, 0.25) is 0 Å². The molecule has 1 aliphatic heterocycles. The highest BCUT2D eigenvalue weighted by molar-refractivity contribution is 7.89. The Hall–Kier alpha value is -1.41. The highest BCUT2D eigenvalue weighted by Crippen LogP contribution is 2.20. The zero-order valence-electron chi connectivity index (χ0n) is 11.0. The van der Waals surface area contributed by atoms with Gasteiger partial charge < -0.3 is 5.32 Å². The van der Waals surface area contributed by atoms with E-state index in [2.05, 4.69) is 10.4 Å². The number of sulfonamides is 1. The quantitative estimate of drug-likeness (QED) is 0.827. The molecule has 1 unspecified atom stereocenters. The Morgan fingerprint density at radius 2 is 2.26 bits per heavy atom. The summed E-state index contributed by atoms with van der Waals surface area (Å²) in [6.07, 6.45) is 4.37. The van der Waals surface area contributed by atoms with Gasteiger partial charge in [0.2, 0.25) is 15.9 Å². The summed E-state index contributed by atoms with van der Waals surface area (Å²) in [6.45, 7) is 2.23. The van der Waals surface area contributed by atoms with E-state index >= 15 is 0 Å². The second-order valence-corrected chi connectivity index (χ2v) is 6.69. The maximum absolute atomic E-state index is 12.4. The lowest BCUT2D eigenvalue weighted by atomic mass is 10.1. The smallest absolute Gasteiger partial charge is 0.246 e. The molecule has 8 heteroatoms. The third-order valence-corrected chi connectivity index (χ3v) is 4.93. The molecule has 1 amide bonds. The first-order valence-electron chi connectivity index (χ1n) is 6.15. The van der Waals surface area contributed by atoms with Crippen LogP contribution in [0.4, 0.5) is 0 Å². The van der Waals surface area contributed by atoms with E-state index in [1.807, 2.05) is 0 Å². The van der Waals surface area contributed by atoms with Crippen LogP contribution in [0, 0.1) is 0 Å². The summed E-state index contributed by atoms with van der Waals surface area (Å²) in [5.74, 6) is -0.134. The largest absolute Gasteiger partial charge is 0.352 e. The first-order valence-corrected chi connectivity index (χ1v) is 7.59. The monoisotopic (exact) mass is 286 g/mol. The topological polar surface area (TPSA) is 84.3 Å². The molecule has 0 saturated carbocycles. The van der Waals surface area contributed by atoms with Gasteiger partial charge in [-0.2, -0.15) is 9.40 Å². The second kappa shape index (κ2) is 5.30. The summed E-state index contributed by atoms with van der Waals surface area (Å²) in [5.41, 5.74) is 0. The Kier molecular flexibility index (Phi) is 3.91. The van der Waals surface area contributed by atoms with Crippen molar-refractivity contribution < 1.29 is 13.2 Å². The summed E-state index contributed by atoms with van der Waals surface area (Å²) in [5, 5.41) is 6.66. The minimum atomic E-state index is -3.51. The van der Waals surface area contributed by atoms with Crippen LogP contribution in [0.3, 0.4) is 0 Å². The number of carbonyl (C=O) groups excluding carboxylic acids is 1. The van der Waals surface area contributed by atoms with Crippen molar-refractivity contribution in [1.29, 1.82) is 0 Å². The number of piperidine rings is 1. The lowest BCUT2D eigenvalue weighted by Crippen LogP contribution is -2.49. The Balaban J connectivity index is 2.14. The van der Waals surface area contributed by atoms with E-state index < -0.39 is 10.0 Å². The summed E-state index contributed by atoms with van der Waals surface area (Å²) in [6, 6.07) is -0.113. The van der Waals surface area contributed by atoms with Crippen molar-refractivity contribution in [2.24, 2.45) is 7.05 Å². The molecular weight excluding hydrogens is 268 g/mol. The Labute approximate surface area is 112 Å². The molecule has 1 aliphatic rings. The molecule has 1 aromatic rings. The van der Waals surface area contributed by atoms with Gasteiger partial charge in [0.1, 0.15) is 4.90 Å². The van der Waals surface area contributed by atoms with Gasteiger partial charge in [0.15, 0.2) is 0 Å². The molecule has 1 N–H and O–H groups in total. The van der Waals surface area contributed by atoms with Gasteiger partial charge in [-0.25, -0.2) is 8.42 Å². The standard InChI is InChI=1S/C11H18N4O3S/c1-9(16)13-10-4-3-5-15(7-10)19(17,18)11-6-12-14(2)8-11/h6,8,10H,3-5,7H2,1-2H3,(H,13,16). The Bertz CT molecular complexity index is 566. The van der Waals surface area contributed by atoms with Crippen molar-refractivity contribution in [3.63, 3.8) is 0 Å². The van der Waals surface area contributed by atoms with Gasteiger partial charge in [-0.3, -0.25) is 9.48 Å². The normalized spacial score (nSPS) is 21.3. The summed E-state index contributed by atoms with van der Waals surface area (Å²) >= 11 is 0. The van der Waals surface area contributed by atoms with Crippen LogP contribution >= 0.6 is 0 Å². The van der Waals surface area contributed by atoms with Crippen LogP contribution < -0.4 is 5.32 Å². The first kappa shape index (κ1) is 14.0. The third kappa shape index (κ3) is 3.13. The number of hydrogen-bond acceptors (Lipinski definition) is 4. The summed E-state index contributed by atoms with van der Waals surface area (Å²) in [4.78, 5) is 11.2. The predicted octanol–water partition coefficient (Wildman–Crippen LogP) is -0.291. The highest BCUT2D eigenvalue weighted by atomic mass is 32.2. The lowest BCUT2D eigenvalue weighted by molar-refractivity contribution is -0.119. The van der Waals surface area contributed by atoms with Crippen LogP contribution in [-0.4, -0.2) is 47.5 Å². The van der Waals surface area contributed by atoms with Crippen molar-refractivity contribution in [2.45, 2.75) is 30.7 Å². The number of aromatic nitrogens is 2. The summed E-state index contributed by atoms with van der Waals surface area (Å²) in [7, 11) is -1.84. The van der Waals surface area contributed by atoms with Gasteiger partial charge >= 0.3 is 0 Å². The highest BCUT2D eigenvalue weighted by Gasteiger charge is 2.31. The number of amides is 1. The molecule has 19 heavy (non-hydrogen) atoms. The van der Waals surface area contributed by atoms with Gasteiger partial charge in [0.25, 0.3) is 0 Å². The number of nitrogens with zero attached hydrogens (tertiary/aromatic N) is 3. The van der Waals surface area contributed by atoms with Gasteiger partial charge in [-0.15, -0.1) is 0 Å². The molecule has 0 aliphatic carbocycles. The molecule has 2 heterocycles. The Morgan fingerprint density at radius 1 is 1.53 bits per heavy atom. The van der Waals surface area contributed by atoms with Gasteiger partial charge in [0, 0.05) is 39.3 Å². The van der Waals surface area contributed by atoms with E-state index in [1.54, 1.807) is 7.05 Å². The number of aryl methyl sites for hydroxylation is 1. The lowest BCUT2D eigenvalue weighted by Gasteiger charge is -2.31. The van der Waals surface area contributed by atoms with E-state index in [9.17, 15) is 13.2 Å². The average molecular weight is 286 g/mol. The number of hydrogen-bond donors (Lipinski definition) is 1. The van der Waals surface area contributed by atoms with Crippen LogP contribution in [0.5, 0.6) is 0 Å². The van der Waals surface area contributed by atoms with Crippen molar-refractivity contribution >= 4 is 15.9 Å². The van der Waals surface area contributed by atoms with Crippen LogP contribution in [0.15, 0.2) is 17.3 Å². The van der Waals surface area contributed by atoms with E-state index in [4.69, 9.17) is 0 Å². The fourth-order valence-corrected chi connectivity index (χ4v) is 3.76. The molecule has 0 radical (unpaired) electrons. The van der Waals surface area contributed by atoms with Gasteiger partial charge in [-0.1, -0.05) is 0 Å². The number of carbonyl (C=O) groups is 1. The zero-order valence-corrected chi connectivity index (χ0v) is 11.9. The molecule has 7 nitrogen and oxygen atoms in total. The molecule has 0 bridgehead atoms. The molecule has 1 fully saturated rings. The Morgan fingerprint density at radius 3 is 2.84 bits per heavy atom. The maximum atomic E-state index is 12.4. The van der Waals surface area contributed by atoms with Crippen LogP contribution in [0.1, 0.15) is 19.8 Å². The number of rotatable bonds is 3. The van der Waals surface area contributed by atoms with Crippen molar-refractivity contribution in [3.05, 3.63) is 12.4 Å². The fraction of sp³-hybridized carbons (Fsp3) is 0.636. The average Bonchev–Trinajstić information content (AvgIpc) is 2.76. The van der Waals surface area contributed by atoms with E-state index in [-0.39, 0.29) is 16.8 Å². The molecule has 2 rings (SSSR count). The summed E-state index contributed by atoms with van der Waals surface area (Å²) < 4.78 is 27.7. The van der Waals surface area contributed by atoms with E-state index in [1.165, 1.54) is 28.3 Å².